The predicted molar refractivity (Wildman–Crippen MR) is 86.7 cm³/mol. The second-order valence-corrected chi connectivity index (χ2v) is 7.60. The van der Waals surface area contributed by atoms with Crippen molar-refractivity contribution in [3.8, 4) is 5.75 Å². The van der Waals surface area contributed by atoms with Crippen LogP contribution in [0.2, 0.25) is 0 Å². The van der Waals surface area contributed by atoms with E-state index < -0.39 is 26.5 Å². The Labute approximate surface area is 144 Å². The van der Waals surface area contributed by atoms with E-state index in [1.165, 1.54) is 13.0 Å². The molecule has 3 N–H and O–H groups in total. The minimum atomic E-state index is -3.54. The van der Waals surface area contributed by atoms with Crippen molar-refractivity contribution in [2.24, 2.45) is 0 Å². The molecule has 1 aromatic heterocycles. The largest absolute Gasteiger partial charge is 0.506 e. The van der Waals surface area contributed by atoms with Gasteiger partial charge in [-0.25, -0.2) is 8.42 Å². The van der Waals surface area contributed by atoms with E-state index in [9.17, 15) is 28.4 Å². The second kappa shape index (κ2) is 6.57. The molecule has 0 aliphatic rings. The fourth-order valence-electron chi connectivity index (χ4n) is 1.75. The van der Waals surface area contributed by atoms with E-state index in [1.807, 2.05) is 0 Å². The predicted octanol–water partition coefficient (Wildman–Crippen LogP) is 1.83. The maximum Gasteiger partial charge on any atom is 0.357 e. The van der Waals surface area contributed by atoms with E-state index in [2.05, 4.69) is 31.4 Å². The molecule has 10 nitrogen and oxygen atoms in total. The van der Waals surface area contributed by atoms with E-state index >= 15 is 0 Å². The zero-order chi connectivity index (χ0) is 18.1. The molecule has 0 atom stereocenters. The lowest BCUT2D eigenvalue weighted by Crippen LogP contribution is -2.14. The van der Waals surface area contributed by atoms with Crippen LogP contribution in [0.5, 0.6) is 5.75 Å². The molecule has 0 aliphatic carbocycles. The van der Waals surface area contributed by atoms with Gasteiger partial charge in [-0.05, 0) is 39.1 Å². The molecule has 2 rings (SSSR count). The van der Waals surface area contributed by atoms with Gasteiger partial charge in [-0.3, -0.25) is 4.79 Å². The Hall–Kier alpha value is -2.47. The Kier molecular flexibility index (Phi) is 4.89. The highest BCUT2D eigenvalue weighted by atomic mass is 79.9. The van der Waals surface area contributed by atoms with Crippen molar-refractivity contribution in [2.75, 3.05) is 11.1 Å². The van der Waals surface area contributed by atoms with Crippen molar-refractivity contribution in [2.45, 2.75) is 11.8 Å². The highest BCUT2D eigenvalue weighted by Gasteiger charge is 2.25. The van der Waals surface area contributed by atoms with Gasteiger partial charge in [0, 0.05) is 0 Å². The van der Waals surface area contributed by atoms with Crippen LogP contribution in [-0.4, -0.2) is 40.3 Å². The summed E-state index contributed by atoms with van der Waals surface area (Å²) >= 11 is 2.89. The Morgan fingerprint density at radius 2 is 2.17 bits per heavy atom. The summed E-state index contributed by atoms with van der Waals surface area (Å²) in [6, 6.07) is 3.43. The van der Waals surface area contributed by atoms with Crippen molar-refractivity contribution >= 4 is 43.2 Å². The molecular weight excluding hydrogens is 408 g/mol. The number of aromatic nitrogens is 2. The monoisotopic (exact) mass is 418 g/mol. The molecule has 1 heterocycles. The van der Waals surface area contributed by atoms with Crippen LogP contribution in [0.3, 0.4) is 0 Å². The number of aromatic amines is 1. The van der Waals surface area contributed by atoms with Gasteiger partial charge in [-0.2, -0.15) is 0 Å². The van der Waals surface area contributed by atoms with Crippen molar-refractivity contribution in [1.82, 2.24) is 10.2 Å². The number of nitrogens with zero attached hydrogens (tertiary/aromatic N) is 2. The zero-order valence-corrected chi connectivity index (χ0v) is 14.5. The van der Waals surface area contributed by atoms with Crippen LogP contribution in [0.1, 0.15) is 17.4 Å². The number of amides is 1. The Balaban J connectivity index is 2.36. The van der Waals surface area contributed by atoms with Crippen molar-refractivity contribution in [3.05, 3.63) is 38.5 Å². The van der Waals surface area contributed by atoms with Gasteiger partial charge in [-0.1, -0.05) is 12.0 Å². The van der Waals surface area contributed by atoms with Gasteiger partial charge in [0.1, 0.15) is 10.2 Å². The highest BCUT2D eigenvalue weighted by molar-refractivity contribution is 9.10. The third kappa shape index (κ3) is 3.38. The summed E-state index contributed by atoms with van der Waals surface area (Å²) in [5.41, 5.74) is -0.475. The van der Waals surface area contributed by atoms with Gasteiger partial charge in [0.15, 0.2) is 15.5 Å². The Bertz CT molecular complexity index is 924. The number of hydrogen-bond donors (Lipinski definition) is 3. The van der Waals surface area contributed by atoms with E-state index in [0.29, 0.717) is 0 Å². The van der Waals surface area contributed by atoms with Crippen LogP contribution in [0.4, 0.5) is 11.5 Å². The highest BCUT2D eigenvalue weighted by Crippen LogP contribution is 2.29. The van der Waals surface area contributed by atoms with E-state index in [0.717, 1.165) is 12.1 Å². The average Bonchev–Trinajstić information content (AvgIpc) is 2.91. The molecule has 1 aromatic carbocycles. The molecule has 2 aromatic rings. The second-order valence-electron chi connectivity index (χ2n) is 4.53. The molecule has 0 aliphatic heterocycles. The number of sulfone groups is 1. The number of phenolic OH excluding ortho intramolecular Hbond substituents is 1. The van der Waals surface area contributed by atoms with Crippen LogP contribution in [-0.2, 0) is 9.84 Å². The molecule has 0 bridgehead atoms. The van der Waals surface area contributed by atoms with E-state index in [-0.39, 0.29) is 32.3 Å². The van der Waals surface area contributed by atoms with Gasteiger partial charge >= 0.3 is 5.82 Å². The minimum Gasteiger partial charge on any atom is -0.506 e. The molecule has 24 heavy (non-hydrogen) atoms. The molecule has 0 radical (unpaired) electrons. The van der Waals surface area contributed by atoms with E-state index in [4.69, 9.17) is 0 Å². The fourth-order valence-corrected chi connectivity index (χ4v) is 3.16. The summed E-state index contributed by atoms with van der Waals surface area (Å²) < 4.78 is 23.6. The van der Waals surface area contributed by atoms with Crippen LogP contribution in [0.15, 0.2) is 27.6 Å². The number of H-pyrrole nitrogens is 1. The van der Waals surface area contributed by atoms with Crippen molar-refractivity contribution in [1.29, 1.82) is 0 Å². The first-order valence-electron chi connectivity index (χ1n) is 6.42. The van der Waals surface area contributed by atoms with Gasteiger partial charge in [0.2, 0.25) is 0 Å². The molecule has 0 saturated carbocycles. The minimum absolute atomic E-state index is 0.0785. The molecule has 0 fully saturated rings. The summed E-state index contributed by atoms with van der Waals surface area (Å²) in [6.07, 6.45) is 0. The van der Waals surface area contributed by atoms with Gasteiger partial charge < -0.3 is 20.5 Å². The summed E-state index contributed by atoms with van der Waals surface area (Å²) in [5.74, 6) is -1.89. The number of rotatable bonds is 5. The number of benzene rings is 1. The molecule has 0 unspecified atom stereocenters. The van der Waals surface area contributed by atoms with Crippen LogP contribution in [0.25, 0.3) is 0 Å². The number of anilines is 1. The first-order chi connectivity index (χ1) is 11.2. The standard InChI is InChI=1S/C12H11BrN4O6S/c1-2-24(22,23)6-3-4-8(18)7(5-6)14-12(19)10-9(13)11(16-15-10)17(20)21/h3-5,18H,2H2,1H3,(H,14,19)(H,15,16). The van der Waals surface area contributed by atoms with Crippen molar-refractivity contribution < 1.29 is 23.2 Å². The Morgan fingerprint density at radius 3 is 2.71 bits per heavy atom. The van der Waals surface area contributed by atoms with Gasteiger partial charge in [-0.15, -0.1) is 5.10 Å². The topological polar surface area (TPSA) is 155 Å². The van der Waals surface area contributed by atoms with E-state index in [1.54, 1.807) is 0 Å². The number of halogens is 1. The number of carbonyl (C=O) groups excluding carboxylic acids is 1. The molecule has 1 amide bonds. The lowest BCUT2D eigenvalue weighted by molar-refractivity contribution is -0.390. The average molecular weight is 419 g/mol. The lowest BCUT2D eigenvalue weighted by atomic mass is 10.3. The molecular formula is C12H11BrN4O6S. The number of nitrogens with one attached hydrogen (secondary N) is 2. The smallest absolute Gasteiger partial charge is 0.357 e. The number of phenols is 1. The third-order valence-corrected chi connectivity index (χ3v) is 5.53. The van der Waals surface area contributed by atoms with Crippen LogP contribution in [0, 0.1) is 10.1 Å². The van der Waals surface area contributed by atoms with Crippen LogP contribution < -0.4 is 5.32 Å². The number of aromatic hydroxyl groups is 1. The first-order valence-corrected chi connectivity index (χ1v) is 8.87. The zero-order valence-electron chi connectivity index (χ0n) is 12.1. The molecule has 0 spiro atoms. The summed E-state index contributed by atoms with van der Waals surface area (Å²) in [5, 5.41) is 28.4. The SMILES string of the molecule is CCS(=O)(=O)c1ccc(O)c(NC(=O)c2n[nH]c([N+](=O)[O-])c2Br)c1. The van der Waals surface area contributed by atoms with Crippen LogP contribution >= 0.6 is 15.9 Å². The quantitative estimate of drug-likeness (QED) is 0.379. The third-order valence-electron chi connectivity index (χ3n) is 3.04. The molecule has 12 heteroatoms. The molecule has 128 valence electrons. The number of hydrogen-bond acceptors (Lipinski definition) is 7. The summed E-state index contributed by atoms with van der Waals surface area (Å²) in [4.78, 5) is 22.0. The van der Waals surface area contributed by atoms with Gasteiger partial charge in [0.05, 0.1) is 16.3 Å². The maximum atomic E-state index is 12.1. The summed E-state index contributed by atoms with van der Waals surface area (Å²) in [7, 11) is -3.54. The Morgan fingerprint density at radius 1 is 1.50 bits per heavy atom. The maximum absolute atomic E-state index is 12.1. The first kappa shape index (κ1) is 17.9. The molecule has 0 saturated heterocycles. The van der Waals surface area contributed by atoms with Crippen molar-refractivity contribution in [3.63, 3.8) is 0 Å². The number of carbonyl (C=O) groups is 1. The summed E-state index contributed by atoms with van der Waals surface area (Å²) in [6.45, 7) is 1.46. The normalized spacial score (nSPS) is 11.2. The fraction of sp³-hybridized carbons (Fsp3) is 0.167. The lowest BCUT2D eigenvalue weighted by Gasteiger charge is -2.08. The van der Waals surface area contributed by atoms with Gasteiger partial charge in [0.25, 0.3) is 5.91 Å². The number of nitro groups is 1.